The third-order valence-corrected chi connectivity index (χ3v) is 4.61. The third-order valence-electron chi connectivity index (χ3n) is 4.61. The standard InChI is InChI=1S/C22H21N3O3/c1-3-28-22(27)18(14-23)20(16-10-6-4-7-11-16)19-15(2)24-25(21(19)26)17-12-8-5-9-13-17/h4-13,18,20,24H,3H2,1-2H3. The number of esters is 1. The largest absolute Gasteiger partial charge is 0.465 e. The van der Waals surface area contributed by atoms with Crippen molar-refractivity contribution < 1.29 is 9.53 Å². The van der Waals surface area contributed by atoms with Gasteiger partial charge in [-0.15, -0.1) is 0 Å². The van der Waals surface area contributed by atoms with Gasteiger partial charge in [-0.05, 0) is 31.5 Å². The SMILES string of the molecule is CCOC(=O)C(C#N)C(c1ccccc1)c1c(C)[nH]n(-c2ccccc2)c1=O. The molecule has 3 aromatic rings. The van der Waals surface area contributed by atoms with Crippen LogP contribution in [0.1, 0.15) is 29.7 Å². The fourth-order valence-corrected chi connectivity index (χ4v) is 3.37. The van der Waals surface area contributed by atoms with Gasteiger partial charge in [0, 0.05) is 17.2 Å². The van der Waals surface area contributed by atoms with Gasteiger partial charge in [0.15, 0.2) is 5.92 Å². The predicted molar refractivity (Wildman–Crippen MR) is 105 cm³/mol. The van der Waals surface area contributed by atoms with Gasteiger partial charge in [-0.3, -0.25) is 14.7 Å². The van der Waals surface area contributed by atoms with Gasteiger partial charge < -0.3 is 4.74 Å². The number of aromatic amines is 1. The lowest BCUT2D eigenvalue weighted by Crippen LogP contribution is -2.29. The summed E-state index contributed by atoms with van der Waals surface area (Å²) in [5.74, 6) is -2.50. The number of carbonyl (C=O) groups excluding carboxylic acids is 1. The Morgan fingerprint density at radius 3 is 2.32 bits per heavy atom. The molecule has 2 unspecified atom stereocenters. The number of benzene rings is 2. The number of hydrogen-bond acceptors (Lipinski definition) is 4. The molecule has 0 aliphatic heterocycles. The van der Waals surface area contributed by atoms with Crippen molar-refractivity contribution >= 4 is 5.97 Å². The Labute approximate surface area is 163 Å². The van der Waals surface area contributed by atoms with E-state index in [9.17, 15) is 14.9 Å². The monoisotopic (exact) mass is 375 g/mol. The van der Waals surface area contributed by atoms with Crippen LogP contribution in [0, 0.1) is 24.2 Å². The number of H-pyrrole nitrogens is 1. The number of aromatic nitrogens is 2. The van der Waals surface area contributed by atoms with Crippen LogP contribution in [-0.2, 0) is 9.53 Å². The summed E-state index contributed by atoms with van der Waals surface area (Å²) in [5.41, 5.74) is 2.09. The molecule has 3 rings (SSSR count). The average molecular weight is 375 g/mol. The van der Waals surface area contributed by atoms with Gasteiger partial charge in [-0.25, -0.2) is 4.68 Å². The first-order chi connectivity index (χ1) is 13.6. The molecule has 1 aromatic heterocycles. The minimum atomic E-state index is -1.13. The van der Waals surface area contributed by atoms with E-state index < -0.39 is 17.8 Å². The Balaban J connectivity index is 2.20. The number of rotatable bonds is 6. The van der Waals surface area contributed by atoms with E-state index in [0.717, 1.165) is 0 Å². The lowest BCUT2D eigenvalue weighted by Gasteiger charge is -2.20. The van der Waals surface area contributed by atoms with Crippen LogP contribution in [0.3, 0.4) is 0 Å². The summed E-state index contributed by atoms with van der Waals surface area (Å²) in [4.78, 5) is 25.8. The number of nitrogens with zero attached hydrogens (tertiary/aromatic N) is 2. The van der Waals surface area contributed by atoms with E-state index in [4.69, 9.17) is 4.74 Å². The zero-order valence-electron chi connectivity index (χ0n) is 15.8. The number of nitrogens with one attached hydrogen (secondary N) is 1. The van der Waals surface area contributed by atoms with Crippen molar-refractivity contribution in [2.45, 2.75) is 19.8 Å². The van der Waals surface area contributed by atoms with Crippen molar-refractivity contribution in [3.63, 3.8) is 0 Å². The summed E-state index contributed by atoms with van der Waals surface area (Å²) < 4.78 is 6.54. The van der Waals surface area contributed by atoms with Crippen LogP contribution in [0.25, 0.3) is 5.69 Å². The Kier molecular flexibility index (Phi) is 5.75. The smallest absolute Gasteiger partial charge is 0.324 e. The molecule has 0 aliphatic rings. The van der Waals surface area contributed by atoms with Crippen molar-refractivity contribution in [1.29, 1.82) is 5.26 Å². The minimum absolute atomic E-state index is 0.166. The highest BCUT2D eigenvalue weighted by Crippen LogP contribution is 2.32. The summed E-state index contributed by atoms with van der Waals surface area (Å²) in [7, 11) is 0. The molecule has 0 saturated heterocycles. The Bertz CT molecular complexity index is 1050. The van der Waals surface area contributed by atoms with Gasteiger partial charge in [-0.2, -0.15) is 5.26 Å². The van der Waals surface area contributed by atoms with E-state index in [0.29, 0.717) is 22.5 Å². The second-order valence-electron chi connectivity index (χ2n) is 6.37. The molecule has 0 aliphatic carbocycles. The summed E-state index contributed by atoms with van der Waals surface area (Å²) in [6.07, 6.45) is 0. The van der Waals surface area contributed by atoms with E-state index in [1.54, 1.807) is 13.8 Å². The zero-order chi connectivity index (χ0) is 20.1. The highest BCUT2D eigenvalue weighted by Gasteiger charge is 2.36. The molecule has 28 heavy (non-hydrogen) atoms. The number of hydrogen-bond donors (Lipinski definition) is 1. The number of aryl methyl sites for hydroxylation is 1. The van der Waals surface area contributed by atoms with Crippen molar-refractivity contribution in [3.8, 4) is 11.8 Å². The van der Waals surface area contributed by atoms with Gasteiger partial charge in [0.05, 0.1) is 18.4 Å². The number of para-hydroxylation sites is 1. The first-order valence-electron chi connectivity index (χ1n) is 9.06. The third kappa shape index (κ3) is 3.60. The summed E-state index contributed by atoms with van der Waals surface area (Å²) >= 11 is 0. The molecule has 6 heteroatoms. The van der Waals surface area contributed by atoms with Gasteiger partial charge in [0.2, 0.25) is 0 Å². The van der Waals surface area contributed by atoms with Crippen molar-refractivity contribution in [3.05, 3.63) is 87.8 Å². The highest BCUT2D eigenvalue weighted by atomic mass is 16.5. The molecule has 1 heterocycles. The van der Waals surface area contributed by atoms with Crippen molar-refractivity contribution in [2.75, 3.05) is 6.61 Å². The van der Waals surface area contributed by atoms with Crippen LogP contribution in [0.15, 0.2) is 65.5 Å². The van der Waals surface area contributed by atoms with Crippen LogP contribution < -0.4 is 5.56 Å². The average Bonchev–Trinajstić information content (AvgIpc) is 3.01. The Hall–Kier alpha value is -3.59. The number of ether oxygens (including phenoxy) is 1. The predicted octanol–water partition coefficient (Wildman–Crippen LogP) is 3.31. The normalized spacial score (nSPS) is 12.8. The minimum Gasteiger partial charge on any atom is -0.465 e. The quantitative estimate of drug-likeness (QED) is 0.670. The first kappa shape index (κ1) is 19.2. The number of nitriles is 1. The second-order valence-corrected chi connectivity index (χ2v) is 6.37. The van der Waals surface area contributed by atoms with Crippen molar-refractivity contribution in [2.24, 2.45) is 5.92 Å². The van der Waals surface area contributed by atoms with E-state index in [-0.39, 0.29) is 12.2 Å². The zero-order valence-corrected chi connectivity index (χ0v) is 15.8. The van der Waals surface area contributed by atoms with E-state index in [1.165, 1.54) is 4.68 Å². The summed E-state index contributed by atoms with van der Waals surface area (Å²) in [5, 5.41) is 12.8. The topological polar surface area (TPSA) is 87.9 Å². The van der Waals surface area contributed by atoms with Crippen molar-refractivity contribution in [1.82, 2.24) is 9.78 Å². The van der Waals surface area contributed by atoms with Crippen LogP contribution >= 0.6 is 0 Å². The molecular formula is C22H21N3O3. The lowest BCUT2D eigenvalue weighted by atomic mass is 9.81. The van der Waals surface area contributed by atoms with Crippen LogP contribution in [0.2, 0.25) is 0 Å². The molecule has 1 N–H and O–H groups in total. The van der Waals surface area contributed by atoms with Gasteiger partial charge >= 0.3 is 5.97 Å². The van der Waals surface area contributed by atoms with Crippen LogP contribution in [0.4, 0.5) is 0 Å². The maximum absolute atomic E-state index is 13.3. The van der Waals surface area contributed by atoms with Gasteiger partial charge in [0.1, 0.15) is 0 Å². The van der Waals surface area contributed by atoms with E-state index >= 15 is 0 Å². The lowest BCUT2D eigenvalue weighted by molar-refractivity contribution is -0.146. The molecule has 0 amide bonds. The maximum atomic E-state index is 13.3. The van der Waals surface area contributed by atoms with Crippen LogP contribution in [-0.4, -0.2) is 22.4 Å². The molecule has 0 spiro atoms. The molecular weight excluding hydrogens is 354 g/mol. The fraction of sp³-hybridized carbons (Fsp3) is 0.227. The Morgan fingerprint density at radius 1 is 1.14 bits per heavy atom. The highest BCUT2D eigenvalue weighted by molar-refractivity contribution is 5.77. The molecule has 2 atom stereocenters. The molecule has 0 saturated carbocycles. The Morgan fingerprint density at radius 2 is 1.75 bits per heavy atom. The number of carbonyl (C=O) groups is 1. The molecule has 0 bridgehead atoms. The summed E-state index contributed by atoms with van der Waals surface area (Å²) in [6, 6.07) is 20.3. The van der Waals surface area contributed by atoms with Gasteiger partial charge in [-0.1, -0.05) is 48.5 Å². The van der Waals surface area contributed by atoms with Crippen LogP contribution in [0.5, 0.6) is 0 Å². The summed E-state index contributed by atoms with van der Waals surface area (Å²) in [6.45, 7) is 3.62. The second kappa shape index (κ2) is 8.40. The molecule has 0 fully saturated rings. The first-order valence-corrected chi connectivity index (χ1v) is 9.06. The maximum Gasteiger partial charge on any atom is 0.324 e. The van der Waals surface area contributed by atoms with E-state index in [2.05, 4.69) is 11.2 Å². The molecule has 0 radical (unpaired) electrons. The van der Waals surface area contributed by atoms with Gasteiger partial charge in [0.25, 0.3) is 5.56 Å². The fourth-order valence-electron chi connectivity index (χ4n) is 3.37. The molecule has 142 valence electrons. The molecule has 2 aromatic carbocycles. The van der Waals surface area contributed by atoms with E-state index in [1.807, 2.05) is 60.7 Å². The molecule has 6 nitrogen and oxygen atoms in total.